The summed E-state index contributed by atoms with van der Waals surface area (Å²) in [5, 5.41) is 16.2. The van der Waals surface area contributed by atoms with E-state index in [1.165, 1.54) is 0 Å². The summed E-state index contributed by atoms with van der Waals surface area (Å²) >= 11 is 0. The zero-order chi connectivity index (χ0) is 12.1. The van der Waals surface area contributed by atoms with Gasteiger partial charge >= 0.3 is 0 Å². The van der Waals surface area contributed by atoms with Gasteiger partial charge in [0.1, 0.15) is 5.76 Å². The first-order valence-corrected chi connectivity index (χ1v) is 5.31. The summed E-state index contributed by atoms with van der Waals surface area (Å²) in [5.74, 6) is 1.20. The average Bonchev–Trinajstić information content (AvgIpc) is 2.99. The van der Waals surface area contributed by atoms with E-state index in [1.54, 1.807) is 19.3 Å². The van der Waals surface area contributed by atoms with E-state index in [9.17, 15) is 4.79 Å². The molecule has 2 N–H and O–H groups in total. The van der Waals surface area contributed by atoms with Gasteiger partial charge in [-0.1, -0.05) is 5.21 Å². The van der Waals surface area contributed by atoms with Crippen LogP contribution in [-0.2, 0) is 11.2 Å². The molecule has 1 atom stereocenters. The lowest BCUT2D eigenvalue weighted by Crippen LogP contribution is -2.27. The van der Waals surface area contributed by atoms with Gasteiger partial charge in [0.2, 0.25) is 5.91 Å². The molecule has 0 aliphatic rings. The first-order chi connectivity index (χ1) is 8.25. The summed E-state index contributed by atoms with van der Waals surface area (Å²) in [4.78, 5) is 11.6. The van der Waals surface area contributed by atoms with Gasteiger partial charge in [0.25, 0.3) is 0 Å². The van der Waals surface area contributed by atoms with Crippen LogP contribution in [0.25, 0.3) is 0 Å². The number of rotatable bonds is 5. The summed E-state index contributed by atoms with van der Waals surface area (Å²) in [5.41, 5.74) is 0. The Morgan fingerprint density at radius 1 is 1.65 bits per heavy atom. The maximum absolute atomic E-state index is 11.6. The molecule has 0 fully saturated rings. The second kappa shape index (κ2) is 5.24. The predicted octanol–water partition coefficient (Wildman–Crippen LogP) is 0.603. The van der Waals surface area contributed by atoms with Crippen molar-refractivity contribution in [1.29, 1.82) is 0 Å². The quantitative estimate of drug-likeness (QED) is 0.791. The van der Waals surface area contributed by atoms with Crippen molar-refractivity contribution in [3.8, 4) is 0 Å². The number of aromatic amines is 1. The lowest BCUT2D eigenvalue weighted by atomic mass is 10.2. The van der Waals surface area contributed by atoms with Crippen LogP contribution in [-0.4, -0.2) is 26.5 Å². The molecule has 2 heterocycles. The Morgan fingerprint density at radius 2 is 2.53 bits per heavy atom. The highest BCUT2D eigenvalue weighted by atomic mass is 16.3. The molecule has 7 heteroatoms. The zero-order valence-corrected chi connectivity index (χ0v) is 9.38. The maximum Gasteiger partial charge on any atom is 0.221 e. The number of nitrogens with zero attached hydrogens (tertiary/aromatic N) is 3. The van der Waals surface area contributed by atoms with E-state index in [0.29, 0.717) is 18.7 Å². The highest BCUT2D eigenvalue weighted by Gasteiger charge is 2.13. The highest BCUT2D eigenvalue weighted by molar-refractivity contribution is 5.76. The molecule has 1 unspecified atom stereocenters. The van der Waals surface area contributed by atoms with Crippen molar-refractivity contribution in [1.82, 2.24) is 25.9 Å². The molecule has 1 amide bonds. The SMILES string of the molecule is CC(NC(=O)CCc1ccco1)c1nn[nH]n1. The van der Waals surface area contributed by atoms with Gasteiger partial charge in [0, 0.05) is 12.8 Å². The normalized spacial score (nSPS) is 12.3. The van der Waals surface area contributed by atoms with Crippen LogP contribution >= 0.6 is 0 Å². The van der Waals surface area contributed by atoms with Crippen LogP contribution in [0.1, 0.15) is 31.0 Å². The second-order valence-corrected chi connectivity index (χ2v) is 3.64. The van der Waals surface area contributed by atoms with E-state index in [0.717, 1.165) is 5.76 Å². The number of carbonyl (C=O) groups excluding carboxylic acids is 1. The van der Waals surface area contributed by atoms with Gasteiger partial charge in [0.05, 0.1) is 12.3 Å². The van der Waals surface area contributed by atoms with Gasteiger partial charge in [-0.15, -0.1) is 10.2 Å². The standard InChI is InChI=1S/C10H13N5O2/c1-7(10-12-14-15-13-10)11-9(16)5-4-8-3-2-6-17-8/h2-3,6-7H,4-5H2,1H3,(H,11,16)(H,12,13,14,15). The summed E-state index contributed by atoms with van der Waals surface area (Å²) < 4.78 is 5.14. The molecule has 0 aliphatic carbocycles. The fourth-order valence-electron chi connectivity index (χ4n) is 1.42. The Kier molecular flexibility index (Phi) is 3.49. The first kappa shape index (κ1) is 11.3. The molecule has 0 aromatic carbocycles. The molecule has 90 valence electrons. The molecule has 0 radical (unpaired) electrons. The minimum atomic E-state index is -0.252. The van der Waals surface area contributed by atoms with Crippen LogP contribution in [0.4, 0.5) is 0 Å². The molecule has 0 aliphatic heterocycles. The first-order valence-electron chi connectivity index (χ1n) is 5.31. The predicted molar refractivity (Wildman–Crippen MR) is 57.8 cm³/mol. The number of amides is 1. The van der Waals surface area contributed by atoms with Crippen molar-refractivity contribution >= 4 is 5.91 Å². The number of aromatic nitrogens is 4. The van der Waals surface area contributed by atoms with E-state index in [4.69, 9.17) is 4.42 Å². The molecule has 0 bridgehead atoms. The number of tetrazole rings is 1. The Morgan fingerprint density at radius 3 is 3.18 bits per heavy atom. The van der Waals surface area contributed by atoms with Gasteiger partial charge in [-0.3, -0.25) is 4.79 Å². The van der Waals surface area contributed by atoms with Crippen molar-refractivity contribution in [2.75, 3.05) is 0 Å². The maximum atomic E-state index is 11.6. The fourth-order valence-corrected chi connectivity index (χ4v) is 1.42. The van der Waals surface area contributed by atoms with Crippen LogP contribution in [0, 0.1) is 0 Å². The summed E-state index contributed by atoms with van der Waals surface area (Å²) in [6.07, 6.45) is 2.54. The van der Waals surface area contributed by atoms with Crippen molar-refractivity contribution in [2.45, 2.75) is 25.8 Å². The molecular weight excluding hydrogens is 222 g/mol. The number of nitrogens with one attached hydrogen (secondary N) is 2. The fraction of sp³-hybridized carbons (Fsp3) is 0.400. The summed E-state index contributed by atoms with van der Waals surface area (Å²) in [6, 6.07) is 3.39. The van der Waals surface area contributed by atoms with E-state index in [1.807, 2.05) is 6.07 Å². The molecule has 2 aromatic heterocycles. The Bertz CT molecular complexity index is 451. The van der Waals surface area contributed by atoms with Gasteiger partial charge in [-0.25, -0.2) is 0 Å². The van der Waals surface area contributed by atoms with E-state index in [-0.39, 0.29) is 11.9 Å². The van der Waals surface area contributed by atoms with Gasteiger partial charge < -0.3 is 9.73 Å². The topological polar surface area (TPSA) is 96.7 Å². The lowest BCUT2D eigenvalue weighted by molar-refractivity contribution is -0.121. The number of H-pyrrole nitrogens is 1. The number of hydrogen-bond donors (Lipinski definition) is 2. The number of aryl methyl sites for hydroxylation is 1. The van der Waals surface area contributed by atoms with E-state index < -0.39 is 0 Å². The number of carbonyl (C=O) groups is 1. The van der Waals surface area contributed by atoms with Crippen molar-refractivity contribution in [3.63, 3.8) is 0 Å². The molecule has 2 aromatic rings. The second-order valence-electron chi connectivity index (χ2n) is 3.64. The lowest BCUT2D eigenvalue weighted by Gasteiger charge is -2.09. The molecule has 7 nitrogen and oxygen atoms in total. The highest BCUT2D eigenvalue weighted by Crippen LogP contribution is 2.06. The minimum Gasteiger partial charge on any atom is -0.469 e. The smallest absolute Gasteiger partial charge is 0.221 e. The van der Waals surface area contributed by atoms with Crippen LogP contribution < -0.4 is 5.32 Å². The van der Waals surface area contributed by atoms with Crippen LogP contribution in [0.5, 0.6) is 0 Å². The van der Waals surface area contributed by atoms with Gasteiger partial charge in [0.15, 0.2) is 5.82 Å². The molecule has 2 rings (SSSR count). The molecule has 0 saturated heterocycles. The monoisotopic (exact) mass is 235 g/mol. The number of furan rings is 1. The third-order valence-electron chi connectivity index (χ3n) is 2.31. The van der Waals surface area contributed by atoms with Crippen molar-refractivity contribution in [3.05, 3.63) is 30.0 Å². The molecule has 17 heavy (non-hydrogen) atoms. The third kappa shape index (κ3) is 3.13. The van der Waals surface area contributed by atoms with Gasteiger partial charge in [-0.05, 0) is 19.1 Å². The molecule has 0 saturated carbocycles. The zero-order valence-electron chi connectivity index (χ0n) is 9.38. The Hall–Kier alpha value is -2.18. The molecular formula is C10H13N5O2. The van der Waals surface area contributed by atoms with E-state index >= 15 is 0 Å². The summed E-state index contributed by atoms with van der Waals surface area (Å²) in [7, 11) is 0. The summed E-state index contributed by atoms with van der Waals surface area (Å²) in [6.45, 7) is 1.80. The Labute approximate surface area is 97.6 Å². The van der Waals surface area contributed by atoms with Crippen LogP contribution in [0.2, 0.25) is 0 Å². The molecule has 0 spiro atoms. The number of hydrogen-bond acceptors (Lipinski definition) is 5. The third-order valence-corrected chi connectivity index (χ3v) is 2.31. The van der Waals surface area contributed by atoms with Crippen molar-refractivity contribution in [2.24, 2.45) is 0 Å². The van der Waals surface area contributed by atoms with Crippen LogP contribution in [0.15, 0.2) is 22.8 Å². The van der Waals surface area contributed by atoms with E-state index in [2.05, 4.69) is 25.9 Å². The Balaban J connectivity index is 1.77. The van der Waals surface area contributed by atoms with Gasteiger partial charge in [-0.2, -0.15) is 5.21 Å². The largest absolute Gasteiger partial charge is 0.469 e. The minimum absolute atomic E-state index is 0.0706. The van der Waals surface area contributed by atoms with Crippen LogP contribution in [0.3, 0.4) is 0 Å². The van der Waals surface area contributed by atoms with Crippen molar-refractivity contribution < 1.29 is 9.21 Å². The average molecular weight is 235 g/mol.